The lowest BCUT2D eigenvalue weighted by atomic mass is 10.1. The average molecular weight is 292 g/mol. The zero-order chi connectivity index (χ0) is 14.4. The SMILES string of the molecule is CN(CCCNC(=O)CC1(CS)CC1)c1ccccc1. The number of nitrogens with one attached hydrogen (secondary N) is 1. The number of nitrogens with zero attached hydrogens (tertiary/aromatic N) is 1. The topological polar surface area (TPSA) is 32.3 Å². The van der Waals surface area contributed by atoms with Crippen LogP contribution in [0, 0.1) is 5.41 Å². The first-order chi connectivity index (χ1) is 9.65. The number of rotatable bonds is 8. The molecule has 1 saturated carbocycles. The van der Waals surface area contributed by atoms with Gasteiger partial charge in [-0.1, -0.05) is 18.2 Å². The van der Waals surface area contributed by atoms with Gasteiger partial charge in [0.25, 0.3) is 0 Å². The molecule has 0 bridgehead atoms. The van der Waals surface area contributed by atoms with E-state index in [-0.39, 0.29) is 11.3 Å². The molecule has 1 fully saturated rings. The van der Waals surface area contributed by atoms with Gasteiger partial charge in [0, 0.05) is 32.2 Å². The fourth-order valence-corrected chi connectivity index (χ4v) is 2.75. The zero-order valence-electron chi connectivity index (χ0n) is 12.1. The maximum atomic E-state index is 11.8. The molecule has 3 nitrogen and oxygen atoms in total. The molecule has 0 spiro atoms. The van der Waals surface area contributed by atoms with Crippen molar-refractivity contribution >= 4 is 24.2 Å². The Morgan fingerprint density at radius 2 is 2.05 bits per heavy atom. The Hall–Kier alpha value is -1.16. The number of thiol groups is 1. The van der Waals surface area contributed by atoms with Crippen molar-refractivity contribution < 1.29 is 4.79 Å². The molecule has 1 N–H and O–H groups in total. The van der Waals surface area contributed by atoms with Crippen LogP contribution in [0.25, 0.3) is 0 Å². The molecule has 1 aliphatic rings. The first-order valence-corrected chi connectivity index (χ1v) is 7.92. The summed E-state index contributed by atoms with van der Waals surface area (Å²) in [5.74, 6) is 1.01. The smallest absolute Gasteiger partial charge is 0.220 e. The number of carbonyl (C=O) groups excluding carboxylic acids is 1. The second-order valence-corrected chi connectivity index (χ2v) is 6.11. The first-order valence-electron chi connectivity index (χ1n) is 7.29. The lowest BCUT2D eigenvalue weighted by molar-refractivity contribution is -0.122. The molecule has 4 heteroatoms. The molecular weight excluding hydrogens is 268 g/mol. The highest BCUT2D eigenvalue weighted by Gasteiger charge is 2.42. The van der Waals surface area contributed by atoms with Crippen molar-refractivity contribution in [3.05, 3.63) is 30.3 Å². The quantitative estimate of drug-likeness (QED) is 0.570. The summed E-state index contributed by atoms with van der Waals surface area (Å²) in [5, 5.41) is 3.02. The molecule has 0 saturated heterocycles. The number of hydrogen-bond acceptors (Lipinski definition) is 3. The molecule has 1 aromatic rings. The van der Waals surface area contributed by atoms with Crippen molar-refractivity contribution in [2.24, 2.45) is 5.41 Å². The van der Waals surface area contributed by atoms with Crippen LogP contribution in [-0.4, -0.2) is 31.8 Å². The van der Waals surface area contributed by atoms with Gasteiger partial charge >= 0.3 is 0 Å². The Balaban J connectivity index is 1.60. The van der Waals surface area contributed by atoms with Crippen LogP contribution in [0.5, 0.6) is 0 Å². The maximum absolute atomic E-state index is 11.8. The number of carbonyl (C=O) groups is 1. The van der Waals surface area contributed by atoms with E-state index < -0.39 is 0 Å². The highest BCUT2D eigenvalue weighted by atomic mass is 32.1. The highest BCUT2D eigenvalue weighted by molar-refractivity contribution is 7.80. The molecule has 0 unspecified atom stereocenters. The summed E-state index contributed by atoms with van der Waals surface area (Å²) >= 11 is 4.33. The summed E-state index contributed by atoms with van der Waals surface area (Å²) < 4.78 is 0. The predicted octanol–water partition coefficient (Wildman–Crippen LogP) is 2.73. The van der Waals surface area contributed by atoms with Crippen LogP contribution in [0.1, 0.15) is 25.7 Å². The fourth-order valence-electron chi connectivity index (χ4n) is 2.33. The van der Waals surface area contributed by atoms with Crippen molar-refractivity contribution in [2.45, 2.75) is 25.7 Å². The fraction of sp³-hybridized carbons (Fsp3) is 0.562. The van der Waals surface area contributed by atoms with Gasteiger partial charge in [-0.2, -0.15) is 12.6 Å². The van der Waals surface area contributed by atoms with Gasteiger partial charge < -0.3 is 10.2 Å². The summed E-state index contributed by atoms with van der Waals surface area (Å²) in [7, 11) is 2.08. The van der Waals surface area contributed by atoms with E-state index in [0.29, 0.717) is 6.42 Å². The predicted molar refractivity (Wildman–Crippen MR) is 87.5 cm³/mol. The largest absolute Gasteiger partial charge is 0.375 e. The van der Waals surface area contributed by atoms with Crippen molar-refractivity contribution in [1.82, 2.24) is 5.32 Å². The summed E-state index contributed by atoms with van der Waals surface area (Å²) in [6.07, 6.45) is 3.91. The standard InChI is InChI=1S/C16H24N2OS/c1-18(14-6-3-2-4-7-14)11-5-10-17-15(19)12-16(13-20)8-9-16/h2-4,6-7,20H,5,8-13H2,1H3,(H,17,19). The molecule has 0 aromatic heterocycles. The van der Waals surface area contributed by atoms with E-state index in [1.807, 2.05) is 18.2 Å². The van der Waals surface area contributed by atoms with E-state index in [1.165, 1.54) is 5.69 Å². The van der Waals surface area contributed by atoms with Crippen molar-refractivity contribution in [1.29, 1.82) is 0 Å². The molecule has 1 aromatic carbocycles. The second kappa shape index (κ2) is 7.02. The zero-order valence-corrected chi connectivity index (χ0v) is 13.0. The Labute approximate surface area is 127 Å². The molecule has 0 atom stereocenters. The number of para-hydroxylation sites is 1. The van der Waals surface area contributed by atoms with Crippen LogP contribution < -0.4 is 10.2 Å². The van der Waals surface area contributed by atoms with Crippen molar-refractivity contribution in [3.63, 3.8) is 0 Å². The van der Waals surface area contributed by atoms with E-state index in [1.54, 1.807) is 0 Å². The summed E-state index contributed by atoms with van der Waals surface area (Å²) in [5.41, 5.74) is 1.43. The molecule has 110 valence electrons. The third-order valence-corrected chi connectivity index (χ3v) is 4.69. The number of anilines is 1. The summed E-state index contributed by atoms with van der Waals surface area (Å²) in [6, 6.07) is 10.3. The normalized spacial score (nSPS) is 15.7. The van der Waals surface area contributed by atoms with Crippen LogP contribution in [0.3, 0.4) is 0 Å². The third-order valence-electron chi connectivity index (χ3n) is 4.02. The van der Waals surface area contributed by atoms with Crippen LogP contribution >= 0.6 is 12.6 Å². The van der Waals surface area contributed by atoms with Crippen LogP contribution in [0.4, 0.5) is 5.69 Å². The van der Waals surface area contributed by atoms with E-state index in [4.69, 9.17) is 0 Å². The molecule has 0 aliphatic heterocycles. The lowest BCUT2D eigenvalue weighted by Gasteiger charge is -2.19. The molecule has 2 rings (SSSR count). The average Bonchev–Trinajstić information content (AvgIpc) is 3.24. The second-order valence-electron chi connectivity index (χ2n) is 5.80. The Morgan fingerprint density at radius 3 is 2.65 bits per heavy atom. The summed E-state index contributed by atoms with van der Waals surface area (Å²) in [6.45, 7) is 1.70. The van der Waals surface area contributed by atoms with Crippen LogP contribution in [0.15, 0.2) is 30.3 Å². The van der Waals surface area contributed by atoms with Gasteiger partial charge in [0.2, 0.25) is 5.91 Å². The Bertz CT molecular complexity index is 431. The maximum Gasteiger partial charge on any atom is 0.220 e. The highest BCUT2D eigenvalue weighted by Crippen LogP contribution is 2.49. The van der Waals surface area contributed by atoms with Gasteiger partial charge in [-0.15, -0.1) is 0 Å². The van der Waals surface area contributed by atoms with Gasteiger partial charge in [-0.3, -0.25) is 4.79 Å². The van der Waals surface area contributed by atoms with E-state index >= 15 is 0 Å². The summed E-state index contributed by atoms with van der Waals surface area (Å²) in [4.78, 5) is 14.0. The molecule has 1 aliphatic carbocycles. The third kappa shape index (κ3) is 4.44. The number of amides is 1. The van der Waals surface area contributed by atoms with Gasteiger partial charge in [0.1, 0.15) is 0 Å². The molecular formula is C16H24N2OS. The first kappa shape index (κ1) is 15.2. The lowest BCUT2D eigenvalue weighted by Crippen LogP contribution is -2.30. The van der Waals surface area contributed by atoms with Gasteiger partial charge in [-0.25, -0.2) is 0 Å². The van der Waals surface area contributed by atoms with Crippen LogP contribution in [-0.2, 0) is 4.79 Å². The van der Waals surface area contributed by atoms with Crippen LogP contribution in [0.2, 0.25) is 0 Å². The van der Waals surface area contributed by atoms with Crippen molar-refractivity contribution in [2.75, 3.05) is 30.8 Å². The van der Waals surface area contributed by atoms with E-state index in [0.717, 1.165) is 38.1 Å². The monoisotopic (exact) mass is 292 g/mol. The minimum Gasteiger partial charge on any atom is -0.375 e. The Kier molecular flexibility index (Phi) is 5.35. The van der Waals surface area contributed by atoms with E-state index in [9.17, 15) is 4.79 Å². The molecule has 20 heavy (non-hydrogen) atoms. The minimum atomic E-state index is 0.180. The number of hydrogen-bond donors (Lipinski definition) is 2. The van der Waals surface area contributed by atoms with Gasteiger partial charge in [0.05, 0.1) is 0 Å². The molecule has 1 amide bonds. The van der Waals surface area contributed by atoms with Crippen molar-refractivity contribution in [3.8, 4) is 0 Å². The Morgan fingerprint density at radius 1 is 1.35 bits per heavy atom. The number of benzene rings is 1. The molecule has 0 radical (unpaired) electrons. The minimum absolute atomic E-state index is 0.180. The van der Waals surface area contributed by atoms with E-state index in [2.05, 4.69) is 42.0 Å². The molecule has 0 heterocycles. The van der Waals surface area contributed by atoms with Gasteiger partial charge in [-0.05, 0) is 42.6 Å². The van der Waals surface area contributed by atoms with Gasteiger partial charge in [0.15, 0.2) is 0 Å².